The van der Waals surface area contributed by atoms with Crippen LogP contribution in [0.5, 0.6) is 0 Å². The number of aromatic nitrogens is 1. The van der Waals surface area contributed by atoms with Crippen LogP contribution in [0.3, 0.4) is 0 Å². The summed E-state index contributed by atoms with van der Waals surface area (Å²) in [6, 6.07) is 5.14. The Morgan fingerprint density at radius 2 is 2.28 bits per heavy atom. The molecule has 1 N–H and O–H groups in total. The number of nitrogens with zero attached hydrogens (tertiary/aromatic N) is 1. The second-order valence-electron chi connectivity index (χ2n) is 5.31. The average molecular weight is 246 g/mol. The van der Waals surface area contributed by atoms with Gasteiger partial charge in [-0.15, -0.1) is 0 Å². The fourth-order valence-corrected chi connectivity index (χ4v) is 3.29. The van der Waals surface area contributed by atoms with Crippen molar-refractivity contribution >= 4 is 10.9 Å². The van der Waals surface area contributed by atoms with Crippen molar-refractivity contribution in [1.29, 1.82) is 0 Å². The molecule has 18 heavy (non-hydrogen) atoms. The second-order valence-corrected chi connectivity index (χ2v) is 5.31. The third-order valence-corrected chi connectivity index (χ3v) is 4.17. The smallest absolute Gasteiger partial charge is 0.123 e. The van der Waals surface area contributed by atoms with Crippen molar-refractivity contribution in [2.24, 2.45) is 13.0 Å². The van der Waals surface area contributed by atoms with E-state index in [1.165, 1.54) is 17.7 Å². The first-order chi connectivity index (χ1) is 8.70. The van der Waals surface area contributed by atoms with E-state index in [0.717, 1.165) is 30.3 Å². The summed E-state index contributed by atoms with van der Waals surface area (Å²) in [5.74, 6) is 0.544. The van der Waals surface area contributed by atoms with E-state index in [4.69, 9.17) is 0 Å². The van der Waals surface area contributed by atoms with E-state index < -0.39 is 0 Å². The van der Waals surface area contributed by atoms with Crippen LogP contribution < -0.4 is 5.32 Å². The fraction of sp³-hybridized carbons (Fsp3) is 0.467. The van der Waals surface area contributed by atoms with E-state index in [0.29, 0.717) is 5.92 Å². The van der Waals surface area contributed by atoms with Gasteiger partial charge in [0.2, 0.25) is 0 Å². The molecule has 0 bridgehead atoms. The summed E-state index contributed by atoms with van der Waals surface area (Å²) in [5, 5.41) is 4.36. The Morgan fingerprint density at radius 1 is 1.44 bits per heavy atom. The topological polar surface area (TPSA) is 17.0 Å². The largest absolute Gasteiger partial charge is 0.347 e. The van der Waals surface area contributed by atoms with Crippen molar-refractivity contribution in [2.45, 2.75) is 19.3 Å². The predicted molar refractivity (Wildman–Crippen MR) is 72.3 cm³/mol. The molecule has 1 aliphatic rings. The van der Waals surface area contributed by atoms with Crippen LogP contribution in [0.25, 0.3) is 10.9 Å². The van der Waals surface area contributed by atoms with Gasteiger partial charge in [0.05, 0.1) is 0 Å². The number of benzene rings is 1. The molecule has 1 heterocycles. The first-order valence-electron chi connectivity index (χ1n) is 6.61. The highest BCUT2D eigenvalue weighted by Crippen LogP contribution is 2.33. The van der Waals surface area contributed by atoms with Gasteiger partial charge in [-0.3, -0.25) is 0 Å². The van der Waals surface area contributed by atoms with Gasteiger partial charge in [-0.1, -0.05) is 0 Å². The molecule has 1 unspecified atom stereocenters. The highest BCUT2D eigenvalue weighted by Gasteiger charge is 2.24. The molecule has 96 valence electrons. The Morgan fingerprint density at radius 3 is 3.06 bits per heavy atom. The monoisotopic (exact) mass is 246 g/mol. The summed E-state index contributed by atoms with van der Waals surface area (Å²) in [4.78, 5) is 0. The molecule has 0 fully saturated rings. The van der Waals surface area contributed by atoms with Crippen LogP contribution in [0.4, 0.5) is 4.39 Å². The highest BCUT2D eigenvalue weighted by atomic mass is 19.1. The summed E-state index contributed by atoms with van der Waals surface area (Å²) in [6.07, 6.45) is 3.39. The molecular formula is C15H19FN2. The van der Waals surface area contributed by atoms with Crippen molar-refractivity contribution < 1.29 is 4.39 Å². The minimum absolute atomic E-state index is 0.133. The minimum Gasteiger partial charge on any atom is -0.347 e. The van der Waals surface area contributed by atoms with E-state index in [-0.39, 0.29) is 5.82 Å². The average Bonchev–Trinajstić information content (AvgIpc) is 2.63. The first kappa shape index (κ1) is 11.7. The van der Waals surface area contributed by atoms with Crippen LogP contribution in [0.2, 0.25) is 0 Å². The third kappa shape index (κ3) is 1.74. The summed E-state index contributed by atoms with van der Waals surface area (Å²) >= 11 is 0. The molecule has 1 aromatic heterocycles. The van der Waals surface area contributed by atoms with E-state index in [9.17, 15) is 4.39 Å². The molecule has 2 aromatic rings. The third-order valence-electron chi connectivity index (χ3n) is 4.17. The van der Waals surface area contributed by atoms with E-state index in [1.54, 1.807) is 12.1 Å². The standard InChI is InChI=1S/C15H19FN2/c1-17-9-10-3-5-14-12(7-10)13-8-11(16)4-6-15(13)18(14)2/h4,6,8,10,17H,3,5,7,9H2,1-2H3. The van der Waals surface area contributed by atoms with Gasteiger partial charge in [-0.25, -0.2) is 4.39 Å². The van der Waals surface area contributed by atoms with Gasteiger partial charge in [-0.05, 0) is 62.5 Å². The molecule has 0 spiro atoms. The summed E-state index contributed by atoms with van der Waals surface area (Å²) in [6.45, 7) is 1.05. The van der Waals surface area contributed by atoms with Gasteiger partial charge in [-0.2, -0.15) is 0 Å². The molecule has 1 atom stereocenters. The highest BCUT2D eigenvalue weighted by molar-refractivity contribution is 5.85. The molecule has 2 nitrogen and oxygen atoms in total. The Hall–Kier alpha value is -1.35. The number of hydrogen-bond acceptors (Lipinski definition) is 1. The minimum atomic E-state index is -0.133. The summed E-state index contributed by atoms with van der Waals surface area (Å²) < 4.78 is 15.7. The Bertz CT molecular complexity index is 586. The molecule has 0 amide bonds. The lowest BCUT2D eigenvalue weighted by atomic mass is 9.86. The molecule has 1 aromatic carbocycles. The van der Waals surface area contributed by atoms with E-state index in [2.05, 4.69) is 16.9 Å². The van der Waals surface area contributed by atoms with Gasteiger partial charge in [0, 0.05) is 23.6 Å². The number of nitrogens with one attached hydrogen (secondary N) is 1. The van der Waals surface area contributed by atoms with Gasteiger partial charge in [0.1, 0.15) is 5.82 Å². The second kappa shape index (κ2) is 4.39. The van der Waals surface area contributed by atoms with Crippen LogP contribution in [0.15, 0.2) is 18.2 Å². The lowest BCUT2D eigenvalue weighted by molar-refractivity contribution is 0.434. The number of aryl methyl sites for hydroxylation is 1. The van der Waals surface area contributed by atoms with Crippen LogP contribution in [0, 0.1) is 11.7 Å². The number of fused-ring (bicyclic) bond motifs is 3. The van der Waals surface area contributed by atoms with Crippen molar-refractivity contribution in [3.63, 3.8) is 0 Å². The summed E-state index contributed by atoms with van der Waals surface area (Å²) in [5.41, 5.74) is 3.91. The van der Waals surface area contributed by atoms with Crippen molar-refractivity contribution in [2.75, 3.05) is 13.6 Å². The van der Waals surface area contributed by atoms with Crippen LogP contribution in [-0.4, -0.2) is 18.2 Å². The molecule has 0 aliphatic heterocycles. The molecule has 3 heteroatoms. The van der Waals surface area contributed by atoms with Gasteiger partial charge >= 0.3 is 0 Å². The molecular weight excluding hydrogens is 227 g/mol. The van der Waals surface area contributed by atoms with E-state index in [1.807, 2.05) is 13.1 Å². The maximum atomic E-state index is 13.4. The molecule has 3 rings (SSSR count). The number of rotatable bonds is 2. The van der Waals surface area contributed by atoms with Gasteiger partial charge in [0.25, 0.3) is 0 Å². The SMILES string of the molecule is CNCC1CCc2c(c3cc(F)ccc3n2C)C1. The van der Waals surface area contributed by atoms with Crippen molar-refractivity contribution in [3.8, 4) is 0 Å². The predicted octanol–water partition coefficient (Wildman–Crippen LogP) is 2.64. The quantitative estimate of drug-likeness (QED) is 0.862. The van der Waals surface area contributed by atoms with Gasteiger partial charge in [0.15, 0.2) is 0 Å². The molecule has 1 aliphatic carbocycles. The molecule has 0 saturated carbocycles. The van der Waals surface area contributed by atoms with Crippen molar-refractivity contribution in [1.82, 2.24) is 9.88 Å². The maximum absolute atomic E-state index is 13.4. The zero-order chi connectivity index (χ0) is 12.7. The normalized spacial score (nSPS) is 19.2. The number of halogens is 1. The van der Waals surface area contributed by atoms with E-state index >= 15 is 0 Å². The molecule has 0 saturated heterocycles. The van der Waals surface area contributed by atoms with Crippen LogP contribution in [-0.2, 0) is 19.9 Å². The van der Waals surface area contributed by atoms with Crippen LogP contribution >= 0.6 is 0 Å². The van der Waals surface area contributed by atoms with Crippen LogP contribution in [0.1, 0.15) is 17.7 Å². The number of hydrogen-bond donors (Lipinski definition) is 1. The first-order valence-corrected chi connectivity index (χ1v) is 6.61. The maximum Gasteiger partial charge on any atom is 0.123 e. The Labute approximate surface area is 107 Å². The molecule has 0 radical (unpaired) electrons. The van der Waals surface area contributed by atoms with Gasteiger partial charge < -0.3 is 9.88 Å². The zero-order valence-corrected chi connectivity index (χ0v) is 11.0. The lowest BCUT2D eigenvalue weighted by Gasteiger charge is -2.23. The lowest BCUT2D eigenvalue weighted by Crippen LogP contribution is -2.25. The van der Waals surface area contributed by atoms with Crippen molar-refractivity contribution in [3.05, 3.63) is 35.3 Å². The zero-order valence-electron chi connectivity index (χ0n) is 11.0. The summed E-state index contributed by atoms with van der Waals surface area (Å²) in [7, 11) is 4.09. The fourth-order valence-electron chi connectivity index (χ4n) is 3.29. The Balaban J connectivity index is 2.12. The Kier molecular flexibility index (Phi) is 2.86.